The molecule has 0 bridgehead atoms. The van der Waals surface area contributed by atoms with Crippen LogP contribution in [-0.2, 0) is 9.59 Å². The van der Waals surface area contributed by atoms with Crippen molar-refractivity contribution in [2.24, 2.45) is 10.3 Å². The van der Waals surface area contributed by atoms with Gasteiger partial charge < -0.3 is 30.5 Å². The molecule has 0 heterocycles. The number of hydrogen-bond donors (Lipinski definition) is 4. The van der Waals surface area contributed by atoms with E-state index in [1.165, 1.54) is 14.2 Å². The quantitative estimate of drug-likeness (QED) is 0.238. The molecule has 0 spiro atoms. The Bertz CT molecular complexity index is 945. The fraction of sp³-hybridized carbons (Fsp3) is 0.111. The molecular weight excluding hydrogens is 528 g/mol. The summed E-state index contributed by atoms with van der Waals surface area (Å²) in [4.78, 5) is 23.7. The zero-order chi connectivity index (χ0) is 22.3. The smallest absolute Gasteiger partial charge is 0.270 e. The van der Waals surface area contributed by atoms with Crippen molar-refractivity contribution in [3.63, 3.8) is 0 Å². The zero-order valence-corrected chi connectivity index (χ0v) is 18.8. The van der Waals surface area contributed by atoms with Crippen LogP contribution in [0.2, 0.25) is 0 Å². The molecule has 0 fully saturated rings. The van der Waals surface area contributed by atoms with E-state index in [9.17, 15) is 9.59 Å². The van der Waals surface area contributed by atoms with Crippen LogP contribution < -0.4 is 20.1 Å². The second-order valence-electron chi connectivity index (χ2n) is 5.54. The highest BCUT2D eigenvalue weighted by molar-refractivity contribution is 9.10. The fourth-order valence-electron chi connectivity index (χ4n) is 2.65. The van der Waals surface area contributed by atoms with Crippen molar-refractivity contribution in [2.75, 3.05) is 24.9 Å². The summed E-state index contributed by atoms with van der Waals surface area (Å²) >= 11 is 6.78. The molecule has 10 nitrogen and oxygen atoms in total. The molecule has 0 unspecified atom stereocenters. The Morgan fingerprint density at radius 1 is 0.833 bits per heavy atom. The van der Waals surface area contributed by atoms with E-state index in [2.05, 4.69) is 52.8 Å². The number of ether oxygens (including phenoxy) is 2. The van der Waals surface area contributed by atoms with Crippen molar-refractivity contribution in [3.05, 3.63) is 33.2 Å². The third-order valence-corrected chi connectivity index (χ3v) is 4.59. The van der Waals surface area contributed by atoms with E-state index >= 15 is 0 Å². The van der Waals surface area contributed by atoms with Crippen LogP contribution in [0.15, 0.2) is 43.5 Å². The van der Waals surface area contributed by atoms with E-state index in [4.69, 9.17) is 19.9 Å². The lowest BCUT2D eigenvalue weighted by Gasteiger charge is -2.19. The van der Waals surface area contributed by atoms with Gasteiger partial charge in [0.2, 0.25) is 0 Å². The van der Waals surface area contributed by atoms with Crippen LogP contribution in [0.3, 0.4) is 0 Å². The molecule has 0 aliphatic rings. The predicted molar refractivity (Wildman–Crippen MR) is 118 cm³/mol. The number of hydrogen-bond acceptors (Lipinski definition) is 8. The molecule has 30 heavy (non-hydrogen) atoms. The van der Waals surface area contributed by atoms with Crippen molar-refractivity contribution in [3.8, 4) is 22.6 Å². The molecule has 0 radical (unpaired) electrons. The van der Waals surface area contributed by atoms with Crippen LogP contribution in [0.4, 0.5) is 11.4 Å². The van der Waals surface area contributed by atoms with Crippen molar-refractivity contribution in [1.82, 2.24) is 0 Å². The number of nitrogens with one attached hydrogen (secondary N) is 2. The third kappa shape index (κ3) is 5.48. The minimum atomic E-state index is -0.669. The van der Waals surface area contributed by atoms with Crippen LogP contribution in [0.5, 0.6) is 11.5 Å². The van der Waals surface area contributed by atoms with Gasteiger partial charge in [0.1, 0.15) is 23.9 Å². The Morgan fingerprint density at radius 2 is 1.20 bits per heavy atom. The van der Waals surface area contributed by atoms with Gasteiger partial charge in [0.25, 0.3) is 11.8 Å². The lowest BCUT2D eigenvalue weighted by molar-refractivity contribution is -0.110. The highest BCUT2D eigenvalue weighted by atomic mass is 79.9. The monoisotopic (exact) mass is 542 g/mol. The van der Waals surface area contributed by atoms with Crippen LogP contribution in [0.1, 0.15) is 0 Å². The van der Waals surface area contributed by atoms with Gasteiger partial charge in [0, 0.05) is 20.1 Å². The van der Waals surface area contributed by atoms with E-state index in [1.807, 2.05) is 0 Å². The minimum absolute atomic E-state index is 0.295. The Kier molecular flexibility index (Phi) is 8.18. The van der Waals surface area contributed by atoms with E-state index in [0.717, 1.165) is 0 Å². The molecule has 2 aromatic carbocycles. The lowest BCUT2D eigenvalue weighted by Crippen LogP contribution is -2.14. The van der Waals surface area contributed by atoms with Crippen LogP contribution >= 0.6 is 31.9 Å². The molecule has 0 saturated heterocycles. The first-order valence-corrected chi connectivity index (χ1v) is 9.65. The predicted octanol–water partition coefficient (Wildman–Crippen LogP) is 3.69. The summed E-state index contributed by atoms with van der Waals surface area (Å²) in [5.74, 6) is -0.749. The topological polar surface area (TPSA) is 142 Å². The number of carbonyl (C=O) groups excluding carboxylic acids is 2. The molecule has 2 amide bonds. The van der Waals surface area contributed by atoms with Gasteiger partial charge in [-0.1, -0.05) is 42.2 Å². The zero-order valence-electron chi connectivity index (χ0n) is 15.6. The minimum Gasteiger partial charge on any atom is -0.494 e. The molecule has 2 rings (SSSR count). The van der Waals surface area contributed by atoms with Crippen molar-refractivity contribution in [2.45, 2.75) is 0 Å². The van der Waals surface area contributed by atoms with E-state index in [1.54, 1.807) is 24.3 Å². The third-order valence-electron chi connectivity index (χ3n) is 3.67. The molecule has 0 aliphatic carbocycles. The first-order chi connectivity index (χ1) is 14.3. The summed E-state index contributed by atoms with van der Waals surface area (Å²) in [6.07, 6.45) is 1.41. The Balaban J connectivity index is 2.70. The van der Waals surface area contributed by atoms with Gasteiger partial charge in [-0.15, -0.1) is 0 Å². The second kappa shape index (κ2) is 10.6. The van der Waals surface area contributed by atoms with Crippen LogP contribution in [0.25, 0.3) is 11.1 Å². The maximum Gasteiger partial charge on any atom is 0.270 e. The molecule has 12 heteroatoms. The molecule has 0 atom stereocenters. The molecule has 0 aliphatic heterocycles. The highest BCUT2D eigenvalue weighted by Crippen LogP contribution is 2.46. The van der Waals surface area contributed by atoms with Crippen molar-refractivity contribution < 1.29 is 29.5 Å². The van der Waals surface area contributed by atoms with Gasteiger partial charge in [0.05, 0.1) is 25.6 Å². The average molecular weight is 544 g/mol. The molecule has 2 aromatic rings. The maximum absolute atomic E-state index is 11.9. The molecule has 0 saturated carbocycles. The number of rotatable bonds is 7. The van der Waals surface area contributed by atoms with E-state index in [-0.39, 0.29) is 0 Å². The lowest BCUT2D eigenvalue weighted by atomic mass is 10.0. The van der Waals surface area contributed by atoms with E-state index < -0.39 is 11.8 Å². The summed E-state index contributed by atoms with van der Waals surface area (Å²) in [5.41, 5.74) is 1.64. The fourth-order valence-corrected chi connectivity index (χ4v) is 3.56. The van der Waals surface area contributed by atoms with E-state index in [0.29, 0.717) is 55.4 Å². The number of oxime groups is 2. The Hall–Kier alpha value is -3.12. The van der Waals surface area contributed by atoms with Gasteiger partial charge in [-0.05, 0) is 24.3 Å². The average Bonchev–Trinajstić information content (AvgIpc) is 2.67. The maximum atomic E-state index is 11.9. The standard InChI is InChI=1S/C18H16Br2N4O6/c1-29-17-11(3-9(19)5-13(17)23-15(25)7-21-27)12-4-10(20)6-14(18(12)30-2)24-16(26)8-22-28/h3-8,27-28H,1-2H3,(H,23,25)(H,24,26)/b21-7-,22-8+. The molecule has 0 aromatic heterocycles. The first-order valence-electron chi connectivity index (χ1n) is 8.06. The van der Waals surface area contributed by atoms with Crippen LogP contribution in [-0.4, -0.2) is 48.9 Å². The normalized spacial score (nSPS) is 10.9. The van der Waals surface area contributed by atoms with Crippen LogP contribution in [0, 0.1) is 0 Å². The van der Waals surface area contributed by atoms with Gasteiger partial charge in [-0.3, -0.25) is 9.59 Å². The van der Waals surface area contributed by atoms with Gasteiger partial charge in [-0.25, -0.2) is 0 Å². The van der Waals surface area contributed by atoms with Gasteiger partial charge in [-0.2, -0.15) is 0 Å². The summed E-state index contributed by atoms with van der Waals surface area (Å²) in [5, 5.41) is 27.6. The number of anilines is 2. The van der Waals surface area contributed by atoms with Crippen molar-refractivity contribution in [1.29, 1.82) is 0 Å². The second-order valence-corrected chi connectivity index (χ2v) is 7.37. The number of carbonyl (C=O) groups is 2. The summed E-state index contributed by atoms with van der Waals surface area (Å²) in [7, 11) is 2.85. The number of methoxy groups -OCH3 is 2. The largest absolute Gasteiger partial charge is 0.494 e. The summed E-state index contributed by atoms with van der Waals surface area (Å²) < 4.78 is 12.2. The Labute approximate surface area is 187 Å². The number of halogens is 2. The highest BCUT2D eigenvalue weighted by Gasteiger charge is 2.21. The molecular formula is C18H16Br2N4O6. The SMILES string of the molecule is COc1c(NC(=O)/C=N\O)cc(Br)cc1-c1cc(Br)cc(NC(=O)/C=N/O)c1OC. The van der Waals surface area contributed by atoms with Gasteiger partial charge >= 0.3 is 0 Å². The first kappa shape index (κ1) is 23.2. The summed E-state index contributed by atoms with van der Waals surface area (Å²) in [6, 6.07) is 6.69. The number of benzene rings is 2. The van der Waals surface area contributed by atoms with Gasteiger partial charge in [0.15, 0.2) is 0 Å². The van der Waals surface area contributed by atoms with Crippen molar-refractivity contribution >= 4 is 67.5 Å². The Morgan fingerprint density at radius 3 is 1.50 bits per heavy atom. The summed E-state index contributed by atoms with van der Waals surface area (Å²) in [6.45, 7) is 0. The molecule has 158 valence electrons. The number of amides is 2. The number of nitrogens with zero attached hydrogens (tertiary/aromatic N) is 2. The molecule has 4 N–H and O–H groups in total.